The van der Waals surface area contributed by atoms with Gasteiger partial charge in [-0.1, -0.05) is 6.07 Å². The summed E-state index contributed by atoms with van der Waals surface area (Å²) >= 11 is 0. The molecule has 1 saturated heterocycles. The summed E-state index contributed by atoms with van der Waals surface area (Å²) in [5.74, 6) is 0.538. The van der Waals surface area contributed by atoms with E-state index in [2.05, 4.69) is 5.32 Å². The molecule has 106 valence electrons. The van der Waals surface area contributed by atoms with Gasteiger partial charge in [0.05, 0.1) is 18.5 Å². The summed E-state index contributed by atoms with van der Waals surface area (Å²) in [4.78, 5) is 25.1. The molecule has 6 heteroatoms. The number of hydrogen-bond acceptors (Lipinski definition) is 4. The molecular weight excluding hydrogens is 258 g/mol. The molecule has 20 heavy (non-hydrogen) atoms. The highest BCUT2D eigenvalue weighted by molar-refractivity contribution is 5.84. The molecule has 6 nitrogen and oxygen atoms in total. The van der Waals surface area contributed by atoms with Crippen LogP contribution >= 0.6 is 0 Å². The molecule has 0 aliphatic carbocycles. The van der Waals surface area contributed by atoms with Crippen LogP contribution in [0.15, 0.2) is 27.8 Å². The summed E-state index contributed by atoms with van der Waals surface area (Å²) in [6.07, 6.45) is 0.796. The summed E-state index contributed by atoms with van der Waals surface area (Å²) in [5, 5.41) is 3.70. The fourth-order valence-corrected chi connectivity index (χ4v) is 2.86. The second-order valence-corrected chi connectivity index (χ2v) is 5.02. The fraction of sp³-hybridized carbons (Fsp3) is 0.429. The maximum absolute atomic E-state index is 12.6. The van der Waals surface area contributed by atoms with Crippen molar-refractivity contribution in [1.82, 2.24) is 14.5 Å². The Hall–Kier alpha value is -2.08. The van der Waals surface area contributed by atoms with E-state index < -0.39 is 0 Å². The van der Waals surface area contributed by atoms with Gasteiger partial charge in [0.25, 0.3) is 5.56 Å². The van der Waals surface area contributed by atoms with Gasteiger partial charge in [-0.25, -0.2) is 4.79 Å². The number of benzene rings is 1. The first-order valence-electron chi connectivity index (χ1n) is 6.64. The predicted molar refractivity (Wildman–Crippen MR) is 76.5 cm³/mol. The van der Waals surface area contributed by atoms with Crippen LogP contribution in [-0.4, -0.2) is 29.3 Å². The minimum Gasteiger partial charge on any atom is -0.495 e. The van der Waals surface area contributed by atoms with Gasteiger partial charge in [0, 0.05) is 13.6 Å². The Labute approximate surface area is 115 Å². The molecule has 0 bridgehead atoms. The number of rotatable bonds is 2. The minimum absolute atomic E-state index is 0.0724. The van der Waals surface area contributed by atoms with E-state index in [1.165, 1.54) is 16.2 Å². The zero-order valence-electron chi connectivity index (χ0n) is 11.5. The number of aryl methyl sites for hydroxylation is 1. The van der Waals surface area contributed by atoms with Crippen molar-refractivity contribution in [3.8, 4) is 5.75 Å². The molecule has 1 aliphatic rings. The summed E-state index contributed by atoms with van der Waals surface area (Å²) in [7, 11) is 3.21. The van der Waals surface area contributed by atoms with Crippen LogP contribution < -0.4 is 21.3 Å². The van der Waals surface area contributed by atoms with Gasteiger partial charge in [-0.15, -0.1) is 0 Å². The average Bonchev–Trinajstić information content (AvgIpc) is 2.98. The number of nitrogens with one attached hydrogen (secondary N) is 1. The lowest BCUT2D eigenvalue weighted by molar-refractivity contribution is 0.415. The Kier molecular flexibility index (Phi) is 3.10. The Bertz CT molecular complexity index is 770. The summed E-state index contributed by atoms with van der Waals surface area (Å²) < 4.78 is 8.12. The lowest BCUT2D eigenvalue weighted by Gasteiger charge is -2.16. The first kappa shape index (κ1) is 12.9. The third-order valence-corrected chi connectivity index (χ3v) is 3.90. The fourth-order valence-electron chi connectivity index (χ4n) is 2.86. The van der Waals surface area contributed by atoms with E-state index in [1.54, 1.807) is 25.2 Å². The topological polar surface area (TPSA) is 65.3 Å². The molecule has 1 atom stereocenters. The monoisotopic (exact) mass is 275 g/mol. The number of methoxy groups -OCH3 is 1. The third kappa shape index (κ3) is 1.76. The van der Waals surface area contributed by atoms with E-state index in [9.17, 15) is 9.59 Å². The van der Waals surface area contributed by atoms with Gasteiger partial charge >= 0.3 is 5.69 Å². The molecule has 2 aromatic rings. The Morgan fingerprint density at radius 3 is 2.80 bits per heavy atom. The highest BCUT2D eigenvalue weighted by Crippen LogP contribution is 2.22. The molecule has 2 heterocycles. The zero-order chi connectivity index (χ0) is 14.3. The molecule has 0 saturated carbocycles. The normalized spacial score (nSPS) is 18.6. The van der Waals surface area contributed by atoms with Gasteiger partial charge in [-0.2, -0.15) is 0 Å². The van der Waals surface area contributed by atoms with Crippen molar-refractivity contribution >= 4 is 10.9 Å². The van der Waals surface area contributed by atoms with E-state index in [0.29, 0.717) is 23.2 Å². The second kappa shape index (κ2) is 4.79. The van der Waals surface area contributed by atoms with Crippen LogP contribution in [0, 0.1) is 0 Å². The van der Waals surface area contributed by atoms with Crippen LogP contribution in [0.3, 0.4) is 0 Å². The van der Waals surface area contributed by atoms with Gasteiger partial charge in [0.1, 0.15) is 11.3 Å². The molecule has 3 rings (SSSR count). The Morgan fingerprint density at radius 2 is 2.15 bits per heavy atom. The van der Waals surface area contributed by atoms with Crippen LogP contribution in [0.1, 0.15) is 12.5 Å². The van der Waals surface area contributed by atoms with Crippen molar-refractivity contribution in [2.24, 2.45) is 7.05 Å². The van der Waals surface area contributed by atoms with E-state index in [1.807, 2.05) is 0 Å². The Balaban J connectivity index is 2.40. The van der Waals surface area contributed by atoms with Crippen LogP contribution in [0.25, 0.3) is 10.9 Å². The van der Waals surface area contributed by atoms with Crippen molar-refractivity contribution in [2.45, 2.75) is 12.5 Å². The third-order valence-electron chi connectivity index (χ3n) is 3.90. The van der Waals surface area contributed by atoms with Crippen LogP contribution in [0.2, 0.25) is 0 Å². The van der Waals surface area contributed by atoms with Crippen LogP contribution in [-0.2, 0) is 7.05 Å². The maximum atomic E-state index is 12.6. The summed E-state index contributed by atoms with van der Waals surface area (Å²) in [6, 6.07) is 5.18. The van der Waals surface area contributed by atoms with Gasteiger partial charge in [0.15, 0.2) is 0 Å². The smallest absolute Gasteiger partial charge is 0.331 e. The number of ether oxygens (including phenoxy) is 1. The lowest BCUT2D eigenvalue weighted by Crippen LogP contribution is -2.42. The number of para-hydroxylation sites is 1. The molecule has 1 fully saturated rings. The molecule has 0 spiro atoms. The SMILES string of the molecule is COc1cccc2c(=O)n(C3CCNC3)c(=O)n(C)c12. The lowest BCUT2D eigenvalue weighted by atomic mass is 10.2. The predicted octanol–water partition coefficient (Wildman–Crippen LogP) is 0.243. The maximum Gasteiger partial charge on any atom is 0.331 e. The molecule has 0 radical (unpaired) electrons. The first-order chi connectivity index (χ1) is 9.65. The molecule has 0 amide bonds. The molecule has 1 aromatic carbocycles. The van der Waals surface area contributed by atoms with Gasteiger partial charge in [-0.05, 0) is 25.1 Å². The molecule has 1 N–H and O–H groups in total. The van der Waals surface area contributed by atoms with E-state index in [0.717, 1.165) is 13.0 Å². The minimum atomic E-state index is -0.291. The number of nitrogens with zero attached hydrogens (tertiary/aromatic N) is 2. The average molecular weight is 275 g/mol. The zero-order valence-corrected chi connectivity index (χ0v) is 11.5. The number of aromatic nitrogens is 2. The van der Waals surface area contributed by atoms with Crippen molar-refractivity contribution in [1.29, 1.82) is 0 Å². The molecule has 1 aliphatic heterocycles. The standard InChI is InChI=1S/C14H17N3O3/c1-16-12-10(4-3-5-11(12)20-2)13(18)17(14(16)19)9-6-7-15-8-9/h3-5,9,15H,6-8H2,1-2H3. The van der Waals surface area contributed by atoms with E-state index >= 15 is 0 Å². The number of fused-ring (bicyclic) bond motifs is 1. The highest BCUT2D eigenvalue weighted by Gasteiger charge is 2.23. The molecular formula is C14H17N3O3. The van der Waals surface area contributed by atoms with E-state index in [4.69, 9.17) is 4.74 Å². The quantitative estimate of drug-likeness (QED) is 0.853. The largest absolute Gasteiger partial charge is 0.495 e. The van der Waals surface area contributed by atoms with Gasteiger partial charge < -0.3 is 10.1 Å². The molecule has 1 unspecified atom stereocenters. The van der Waals surface area contributed by atoms with Crippen molar-refractivity contribution < 1.29 is 4.74 Å². The van der Waals surface area contributed by atoms with Gasteiger partial charge in [-0.3, -0.25) is 13.9 Å². The van der Waals surface area contributed by atoms with Crippen molar-refractivity contribution in [3.05, 3.63) is 39.0 Å². The van der Waals surface area contributed by atoms with Crippen molar-refractivity contribution in [2.75, 3.05) is 20.2 Å². The van der Waals surface area contributed by atoms with Crippen LogP contribution in [0.5, 0.6) is 5.75 Å². The summed E-state index contributed by atoms with van der Waals surface area (Å²) in [6.45, 7) is 1.49. The van der Waals surface area contributed by atoms with Crippen molar-refractivity contribution in [3.63, 3.8) is 0 Å². The van der Waals surface area contributed by atoms with E-state index in [-0.39, 0.29) is 17.3 Å². The Morgan fingerprint density at radius 1 is 1.35 bits per heavy atom. The summed E-state index contributed by atoms with van der Waals surface area (Å²) in [5.41, 5.74) is 0.0172. The molecule has 1 aromatic heterocycles. The second-order valence-electron chi connectivity index (χ2n) is 5.02. The van der Waals surface area contributed by atoms with Crippen LogP contribution in [0.4, 0.5) is 0 Å². The first-order valence-corrected chi connectivity index (χ1v) is 6.64. The van der Waals surface area contributed by atoms with Gasteiger partial charge in [0.2, 0.25) is 0 Å². The highest BCUT2D eigenvalue weighted by atomic mass is 16.5. The number of hydrogen-bond donors (Lipinski definition) is 1.